The highest BCUT2D eigenvalue weighted by Gasteiger charge is 2.11. The summed E-state index contributed by atoms with van der Waals surface area (Å²) < 4.78 is 5.10. The Balaban J connectivity index is 3.97. The Morgan fingerprint density at radius 2 is 1.90 bits per heavy atom. The number of halogens is 1. The number of rotatable bonds is 9. The normalized spacial score (nSPS) is 12.3. The van der Waals surface area contributed by atoms with Crippen LogP contribution in [0.15, 0.2) is 10.6 Å². The number of hydrogen-bond acceptors (Lipinski definition) is 3. The van der Waals surface area contributed by atoms with Crippen molar-refractivity contribution in [2.75, 3.05) is 20.3 Å². The fourth-order valence-electron chi connectivity index (χ4n) is 1.58. The van der Waals surface area contributed by atoms with E-state index in [-0.39, 0.29) is 16.2 Å². The Hall–Kier alpha value is -0.680. The highest BCUT2D eigenvalue weighted by Crippen LogP contribution is 2.22. The summed E-state index contributed by atoms with van der Waals surface area (Å²) in [6.07, 6.45) is 4.83. The van der Waals surface area contributed by atoms with Gasteiger partial charge in [0.15, 0.2) is 5.78 Å². The molecule has 0 radical (unpaired) electrons. The van der Waals surface area contributed by atoms with Crippen LogP contribution in [-0.4, -0.2) is 32.0 Å². The predicted octanol–water partition coefficient (Wildman–Crippen LogP) is 3.20. The topological polar surface area (TPSA) is 55.4 Å². The van der Waals surface area contributed by atoms with Gasteiger partial charge in [-0.15, -0.1) is 0 Å². The number of methoxy groups -OCH3 is 1. The average Bonchev–Trinajstić information content (AvgIpc) is 2.33. The van der Waals surface area contributed by atoms with Gasteiger partial charge >= 0.3 is 0 Å². The second-order valence-electron chi connectivity index (χ2n) is 5.98. The quantitative estimate of drug-likeness (QED) is 0.514. The number of amides is 1. The molecule has 20 heavy (non-hydrogen) atoms. The smallest absolute Gasteiger partial charge is 0.258 e. The number of unbranched alkanes of at least 4 members (excludes halogenated alkanes) is 1. The van der Waals surface area contributed by atoms with Crippen molar-refractivity contribution in [1.29, 1.82) is 0 Å². The standard InChI is InChI=1S/C15H26BrNO3/c1-15(2,3)8-6-5-7-12(18)11-13(16)14(19)17-9-10-20-4/h11H,5-10H2,1-4H3,(H,17,19)/b13-11+. The third-order valence-electron chi connectivity index (χ3n) is 2.70. The van der Waals surface area contributed by atoms with Gasteiger partial charge in [-0.05, 0) is 34.2 Å². The summed E-state index contributed by atoms with van der Waals surface area (Å²) in [5, 5.41) is 2.64. The fraction of sp³-hybridized carbons (Fsp3) is 0.733. The van der Waals surface area contributed by atoms with Gasteiger partial charge in [0.05, 0.1) is 11.1 Å². The third-order valence-corrected chi connectivity index (χ3v) is 3.29. The monoisotopic (exact) mass is 347 g/mol. The molecular formula is C15H26BrNO3. The maximum atomic E-state index is 11.7. The van der Waals surface area contributed by atoms with Gasteiger partial charge < -0.3 is 10.1 Å². The molecule has 0 heterocycles. The van der Waals surface area contributed by atoms with E-state index in [0.29, 0.717) is 25.0 Å². The van der Waals surface area contributed by atoms with Crippen molar-refractivity contribution in [3.05, 3.63) is 10.6 Å². The molecule has 0 rings (SSSR count). The minimum Gasteiger partial charge on any atom is -0.383 e. The van der Waals surface area contributed by atoms with Crippen molar-refractivity contribution >= 4 is 27.6 Å². The number of hydrogen-bond donors (Lipinski definition) is 1. The van der Waals surface area contributed by atoms with Crippen molar-refractivity contribution in [3.63, 3.8) is 0 Å². The van der Waals surface area contributed by atoms with Crippen LogP contribution in [0.25, 0.3) is 0 Å². The molecule has 0 aromatic carbocycles. The molecular weight excluding hydrogens is 322 g/mol. The summed E-state index contributed by atoms with van der Waals surface area (Å²) in [4.78, 5) is 23.3. The highest BCUT2D eigenvalue weighted by atomic mass is 79.9. The lowest BCUT2D eigenvalue weighted by Gasteiger charge is -2.17. The van der Waals surface area contributed by atoms with Crippen LogP contribution in [-0.2, 0) is 14.3 Å². The lowest BCUT2D eigenvalue weighted by molar-refractivity contribution is -0.118. The van der Waals surface area contributed by atoms with Crippen molar-refractivity contribution in [2.45, 2.75) is 46.5 Å². The molecule has 5 heteroatoms. The molecule has 0 aliphatic carbocycles. The van der Waals surface area contributed by atoms with Gasteiger partial charge in [0.25, 0.3) is 5.91 Å². The second-order valence-corrected chi connectivity index (χ2v) is 6.83. The average molecular weight is 348 g/mol. The van der Waals surface area contributed by atoms with Gasteiger partial charge in [0, 0.05) is 26.2 Å². The van der Waals surface area contributed by atoms with Gasteiger partial charge in [-0.25, -0.2) is 0 Å². The van der Waals surface area contributed by atoms with Crippen LogP contribution >= 0.6 is 15.9 Å². The van der Waals surface area contributed by atoms with Gasteiger partial charge in [-0.1, -0.05) is 27.2 Å². The Morgan fingerprint density at radius 3 is 2.45 bits per heavy atom. The molecule has 0 fully saturated rings. The molecule has 0 bridgehead atoms. The molecule has 0 saturated heterocycles. The number of nitrogens with one attached hydrogen (secondary N) is 1. The lowest BCUT2D eigenvalue weighted by atomic mass is 9.89. The molecule has 0 unspecified atom stereocenters. The fourth-order valence-corrected chi connectivity index (χ4v) is 1.98. The summed E-state index contributed by atoms with van der Waals surface area (Å²) in [6.45, 7) is 7.45. The van der Waals surface area contributed by atoms with Crippen molar-refractivity contribution in [1.82, 2.24) is 5.32 Å². The maximum Gasteiger partial charge on any atom is 0.258 e. The maximum absolute atomic E-state index is 11.7. The first-order chi connectivity index (χ1) is 9.26. The predicted molar refractivity (Wildman–Crippen MR) is 84.8 cm³/mol. The van der Waals surface area contributed by atoms with E-state index in [1.807, 2.05) is 0 Å². The van der Waals surface area contributed by atoms with Crippen molar-refractivity contribution in [3.8, 4) is 0 Å². The number of ether oxygens (including phenoxy) is 1. The first kappa shape index (κ1) is 19.3. The summed E-state index contributed by atoms with van der Waals surface area (Å²) in [6, 6.07) is 0. The Morgan fingerprint density at radius 1 is 1.25 bits per heavy atom. The summed E-state index contributed by atoms with van der Waals surface area (Å²) >= 11 is 3.12. The minimum atomic E-state index is -0.287. The highest BCUT2D eigenvalue weighted by molar-refractivity contribution is 9.12. The molecule has 0 aliphatic heterocycles. The molecule has 1 amide bonds. The van der Waals surface area contributed by atoms with Crippen LogP contribution in [0, 0.1) is 5.41 Å². The number of ketones is 1. The van der Waals surface area contributed by atoms with E-state index in [0.717, 1.165) is 19.3 Å². The second kappa shape index (κ2) is 10.1. The first-order valence-corrected chi connectivity index (χ1v) is 7.73. The van der Waals surface area contributed by atoms with E-state index in [1.54, 1.807) is 7.11 Å². The van der Waals surface area contributed by atoms with Crippen molar-refractivity contribution in [2.24, 2.45) is 5.41 Å². The third kappa shape index (κ3) is 11.2. The van der Waals surface area contributed by atoms with E-state index >= 15 is 0 Å². The zero-order valence-electron chi connectivity index (χ0n) is 12.9. The molecule has 1 N–H and O–H groups in total. The number of carbonyl (C=O) groups is 2. The number of carbonyl (C=O) groups excluding carboxylic acids is 2. The Labute approximate surface area is 130 Å². The van der Waals surface area contributed by atoms with E-state index < -0.39 is 0 Å². The largest absolute Gasteiger partial charge is 0.383 e. The first-order valence-electron chi connectivity index (χ1n) is 6.93. The van der Waals surface area contributed by atoms with Gasteiger partial charge in [0.2, 0.25) is 0 Å². The van der Waals surface area contributed by atoms with Crippen LogP contribution < -0.4 is 5.32 Å². The van der Waals surface area contributed by atoms with E-state index in [1.165, 1.54) is 6.08 Å². The van der Waals surface area contributed by atoms with E-state index in [4.69, 9.17) is 4.74 Å². The molecule has 0 spiro atoms. The molecule has 0 aromatic heterocycles. The van der Waals surface area contributed by atoms with Gasteiger partial charge in [0.1, 0.15) is 0 Å². The molecule has 4 nitrogen and oxygen atoms in total. The van der Waals surface area contributed by atoms with Crippen molar-refractivity contribution < 1.29 is 14.3 Å². The molecule has 116 valence electrons. The molecule has 0 atom stereocenters. The lowest BCUT2D eigenvalue weighted by Crippen LogP contribution is -2.27. The SMILES string of the molecule is COCCNC(=O)/C(Br)=C\C(=O)CCCCC(C)(C)C. The van der Waals surface area contributed by atoms with Crippen LogP contribution in [0.4, 0.5) is 0 Å². The Bertz CT molecular complexity index is 346. The summed E-state index contributed by atoms with van der Waals surface area (Å²) in [7, 11) is 1.57. The zero-order valence-corrected chi connectivity index (χ0v) is 14.5. The number of allylic oxidation sites excluding steroid dienone is 1. The Kier molecular flexibility index (Phi) is 9.76. The van der Waals surface area contributed by atoms with Gasteiger partial charge in [-0.3, -0.25) is 9.59 Å². The van der Waals surface area contributed by atoms with E-state index in [2.05, 4.69) is 42.0 Å². The van der Waals surface area contributed by atoms with Crippen LogP contribution in [0.3, 0.4) is 0 Å². The van der Waals surface area contributed by atoms with Crippen LogP contribution in [0.5, 0.6) is 0 Å². The molecule has 0 aromatic rings. The molecule has 0 aliphatic rings. The molecule has 0 saturated carbocycles. The van der Waals surface area contributed by atoms with Crippen LogP contribution in [0.2, 0.25) is 0 Å². The van der Waals surface area contributed by atoms with Gasteiger partial charge in [-0.2, -0.15) is 0 Å². The van der Waals surface area contributed by atoms with E-state index in [9.17, 15) is 9.59 Å². The minimum absolute atomic E-state index is 0.0207. The van der Waals surface area contributed by atoms with Crippen LogP contribution in [0.1, 0.15) is 46.5 Å². The summed E-state index contributed by atoms with van der Waals surface area (Å²) in [5.41, 5.74) is 0.306. The summed E-state index contributed by atoms with van der Waals surface area (Å²) in [5.74, 6) is -0.308. The zero-order chi connectivity index (χ0) is 15.6.